The summed E-state index contributed by atoms with van der Waals surface area (Å²) in [5.74, 6) is -0.379. The van der Waals surface area contributed by atoms with Gasteiger partial charge in [-0.05, 0) is 45.9 Å². The second-order valence-corrected chi connectivity index (χ2v) is 10.5. The number of benzene rings is 1. The van der Waals surface area contributed by atoms with Crippen LogP contribution in [0.2, 0.25) is 0 Å². The number of hydrogen-bond donors (Lipinski definition) is 1. The summed E-state index contributed by atoms with van der Waals surface area (Å²) in [5, 5.41) is 8.99. The Morgan fingerprint density at radius 1 is 1.27 bits per heavy atom. The second kappa shape index (κ2) is 13.6. The molecule has 2 aromatic rings. The minimum atomic E-state index is -1.58. The maximum atomic E-state index is 12.6. The molecule has 3 rings (SSSR count). The standard InChI is InChI=1S/C25H34N5O6P/c1-17(2)30(18(3)4)37(34-14-8-12-26)36-20-15-23(29-13-11-22(27)28-25(29)32)35-21(20)16-33-24(31)19-9-6-5-7-10-19/h5-7,9-11,13,17-18,20-21,23H,8,14-16H2,1-4H3,(H2,27,28,32)/t20-,21+,23+,37?/m0/s1. The van der Waals surface area contributed by atoms with Gasteiger partial charge in [-0.2, -0.15) is 10.2 Å². The third kappa shape index (κ3) is 7.81. The van der Waals surface area contributed by atoms with Gasteiger partial charge in [0.1, 0.15) is 24.8 Å². The molecule has 12 heteroatoms. The first-order valence-corrected chi connectivity index (χ1v) is 13.3. The number of hydrogen-bond acceptors (Lipinski definition) is 10. The molecule has 2 N–H and O–H groups in total. The summed E-state index contributed by atoms with van der Waals surface area (Å²) in [5.41, 5.74) is 5.51. The zero-order valence-electron chi connectivity index (χ0n) is 21.5. The van der Waals surface area contributed by atoms with Gasteiger partial charge in [0, 0.05) is 24.7 Å². The average molecular weight is 532 g/mol. The number of rotatable bonds is 12. The summed E-state index contributed by atoms with van der Waals surface area (Å²) >= 11 is 0. The van der Waals surface area contributed by atoms with Gasteiger partial charge in [0.25, 0.3) is 8.53 Å². The van der Waals surface area contributed by atoms with Gasteiger partial charge in [0.2, 0.25) is 0 Å². The first-order chi connectivity index (χ1) is 17.7. The van der Waals surface area contributed by atoms with Crippen molar-refractivity contribution in [3.05, 3.63) is 58.6 Å². The molecule has 0 spiro atoms. The molecule has 1 unspecified atom stereocenters. The highest BCUT2D eigenvalue weighted by atomic mass is 31.2. The summed E-state index contributed by atoms with van der Waals surface area (Å²) < 4.78 is 27.7. The number of ether oxygens (including phenoxy) is 2. The van der Waals surface area contributed by atoms with Crippen LogP contribution in [-0.2, 0) is 18.5 Å². The lowest BCUT2D eigenvalue weighted by Crippen LogP contribution is -2.36. The molecule has 1 saturated heterocycles. The van der Waals surface area contributed by atoms with Gasteiger partial charge < -0.3 is 24.3 Å². The summed E-state index contributed by atoms with van der Waals surface area (Å²) in [7, 11) is -1.58. The van der Waals surface area contributed by atoms with Crippen molar-refractivity contribution in [1.82, 2.24) is 14.2 Å². The topological polar surface area (TPSA) is 142 Å². The van der Waals surface area contributed by atoms with E-state index in [1.807, 2.05) is 33.8 Å². The second-order valence-electron chi connectivity index (χ2n) is 9.06. The van der Waals surface area contributed by atoms with E-state index < -0.39 is 38.6 Å². The lowest BCUT2D eigenvalue weighted by atomic mass is 10.2. The van der Waals surface area contributed by atoms with Crippen LogP contribution in [0.5, 0.6) is 0 Å². The van der Waals surface area contributed by atoms with Crippen molar-refractivity contribution in [3.8, 4) is 6.07 Å². The van der Waals surface area contributed by atoms with Gasteiger partial charge in [0.15, 0.2) is 0 Å². The Kier molecular flexibility index (Phi) is 10.6. The first-order valence-electron chi connectivity index (χ1n) is 12.2. The van der Waals surface area contributed by atoms with Gasteiger partial charge in [-0.25, -0.2) is 14.3 Å². The molecule has 11 nitrogen and oxygen atoms in total. The molecule has 1 aliphatic rings. The van der Waals surface area contributed by atoms with Gasteiger partial charge >= 0.3 is 11.7 Å². The minimum absolute atomic E-state index is 0.0865. The van der Waals surface area contributed by atoms with Crippen LogP contribution >= 0.6 is 8.53 Å². The van der Waals surface area contributed by atoms with Gasteiger partial charge in [-0.15, -0.1) is 0 Å². The third-order valence-electron chi connectivity index (χ3n) is 5.62. The van der Waals surface area contributed by atoms with Gasteiger partial charge in [-0.1, -0.05) is 18.2 Å². The van der Waals surface area contributed by atoms with E-state index in [0.717, 1.165) is 0 Å². The highest BCUT2D eigenvalue weighted by molar-refractivity contribution is 7.44. The van der Waals surface area contributed by atoms with Crippen molar-refractivity contribution in [2.45, 2.75) is 71.1 Å². The molecule has 200 valence electrons. The van der Waals surface area contributed by atoms with Crippen LogP contribution < -0.4 is 11.4 Å². The van der Waals surface area contributed by atoms with Crippen LogP contribution in [0.1, 0.15) is 57.1 Å². The number of carbonyl (C=O) groups is 1. The summed E-state index contributed by atoms with van der Waals surface area (Å²) in [6, 6.07) is 12.5. The Morgan fingerprint density at radius 2 is 1.97 bits per heavy atom. The molecule has 2 heterocycles. The van der Waals surface area contributed by atoms with E-state index in [9.17, 15) is 9.59 Å². The van der Waals surface area contributed by atoms with Crippen molar-refractivity contribution in [2.24, 2.45) is 0 Å². The minimum Gasteiger partial charge on any atom is -0.459 e. The van der Waals surface area contributed by atoms with Crippen molar-refractivity contribution >= 4 is 20.3 Å². The SMILES string of the molecule is CC(C)N(C(C)C)P(OCCC#N)O[C@H]1C[C@H](n2ccc(N)nc2=O)O[C@@H]1COC(=O)c1ccccc1. The zero-order valence-corrected chi connectivity index (χ0v) is 22.4. The number of nitrogens with zero attached hydrogens (tertiary/aromatic N) is 4. The Bertz CT molecular complexity index is 1110. The Hall–Kier alpha value is -2.87. The predicted molar refractivity (Wildman–Crippen MR) is 138 cm³/mol. The molecule has 4 atom stereocenters. The first kappa shape index (κ1) is 28.7. The third-order valence-corrected chi connectivity index (χ3v) is 7.77. The molecule has 37 heavy (non-hydrogen) atoms. The summed E-state index contributed by atoms with van der Waals surface area (Å²) in [4.78, 5) is 28.8. The van der Waals surface area contributed by atoms with E-state index in [1.165, 1.54) is 16.8 Å². The monoisotopic (exact) mass is 531 g/mol. The number of nitriles is 1. The predicted octanol–water partition coefficient (Wildman–Crippen LogP) is 3.63. The maximum Gasteiger partial charge on any atom is 0.351 e. The fourth-order valence-electron chi connectivity index (χ4n) is 4.00. The lowest BCUT2D eigenvalue weighted by molar-refractivity contribution is -0.0512. The quantitative estimate of drug-likeness (QED) is 0.245. The van der Waals surface area contributed by atoms with Crippen LogP contribution in [0.15, 0.2) is 47.4 Å². The Morgan fingerprint density at radius 3 is 2.59 bits per heavy atom. The van der Waals surface area contributed by atoms with Crippen molar-refractivity contribution in [1.29, 1.82) is 5.26 Å². The molecule has 0 radical (unpaired) electrons. The van der Waals surface area contributed by atoms with E-state index in [2.05, 4.69) is 15.7 Å². The number of aromatic nitrogens is 2. The molecule has 0 saturated carbocycles. The van der Waals surface area contributed by atoms with Crippen LogP contribution in [-0.4, -0.2) is 57.7 Å². The fourth-order valence-corrected chi connectivity index (χ4v) is 5.76. The van der Waals surface area contributed by atoms with E-state index in [-0.39, 0.29) is 37.5 Å². The van der Waals surface area contributed by atoms with E-state index in [1.54, 1.807) is 24.3 Å². The number of nitrogens with two attached hydrogens (primary N) is 1. The lowest BCUT2D eigenvalue weighted by Gasteiger charge is -2.37. The molecular formula is C25H34N5O6P. The summed E-state index contributed by atoms with van der Waals surface area (Å²) in [6.07, 6.45) is 0.1000. The van der Waals surface area contributed by atoms with Crippen molar-refractivity contribution in [3.63, 3.8) is 0 Å². The van der Waals surface area contributed by atoms with Crippen molar-refractivity contribution < 1.29 is 23.3 Å². The Labute approximate surface area is 218 Å². The van der Waals surface area contributed by atoms with Gasteiger partial charge in [-0.3, -0.25) is 4.57 Å². The van der Waals surface area contributed by atoms with E-state index in [0.29, 0.717) is 12.0 Å². The van der Waals surface area contributed by atoms with Crippen LogP contribution in [0.3, 0.4) is 0 Å². The number of carbonyl (C=O) groups excluding carboxylic acids is 1. The summed E-state index contributed by atoms with van der Waals surface area (Å²) in [6.45, 7) is 8.29. The molecule has 1 aromatic carbocycles. The molecule has 1 aromatic heterocycles. The molecule has 0 bridgehead atoms. The fraction of sp³-hybridized carbons (Fsp3) is 0.520. The molecule has 1 aliphatic heterocycles. The molecular weight excluding hydrogens is 497 g/mol. The normalized spacial score (nSPS) is 20.3. The molecule has 0 aliphatic carbocycles. The number of esters is 1. The maximum absolute atomic E-state index is 12.6. The smallest absolute Gasteiger partial charge is 0.351 e. The highest BCUT2D eigenvalue weighted by Crippen LogP contribution is 2.49. The van der Waals surface area contributed by atoms with Crippen molar-refractivity contribution in [2.75, 3.05) is 18.9 Å². The van der Waals surface area contributed by atoms with Gasteiger partial charge in [0.05, 0.1) is 30.8 Å². The number of anilines is 1. The van der Waals surface area contributed by atoms with E-state index >= 15 is 0 Å². The van der Waals surface area contributed by atoms with Crippen LogP contribution in [0.4, 0.5) is 5.82 Å². The number of nitrogen functional groups attached to an aromatic ring is 1. The molecule has 0 amide bonds. The largest absolute Gasteiger partial charge is 0.459 e. The molecule has 1 fully saturated rings. The Balaban J connectivity index is 1.83. The van der Waals surface area contributed by atoms with Crippen LogP contribution in [0.25, 0.3) is 0 Å². The van der Waals surface area contributed by atoms with Crippen LogP contribution in [0, 0.1) is 11.3 Å². The highest BCUT2D eigenvalue weighted by Gasteiger charge is 2.42. The zero-order chi connectivity index (χ0) is 26.9. The average Bonchev–Trinajstić information content (AvgIpc) is 3.24. The van der Waals surface area contributed by atoms with E-state index in [4.69, 9.17) is 29.5 Å².